The lowest BCUT2D eigenvalue weighted by atomic mass is 10.2. The number of nitrogens with zero attached hydrogens (tertiary/aromatic N) is 1. The van der Waals surface area contributed by atoms with Crippen molar-refractivity contribution in [2.75, 3.05) is 5.73 Å². The Kier molecular flexibility index (Phi) is 3.44. The van der Waals surface area contributed by atoms with E-state index in [1.165, 1.54) is 12.1 Å². The lowest BCUT2D eigenvalue weighted by Crippen LogP contribution is -2.30. The Labute approximate surface area is 99.4 Å². The highest BCUT2D eigenvalue weighted by Gasteiger charge is 2.25. The molecule has 16 heavy (non-hydrogen) atoms. The Hall–Kier alpha value is -1.27. The van der Waals surface area contributed by atoms with Crippen LogP contribution in [-0.2, 0) is 0 Å². The molecule has 88 valence electrons. The number of nitro groups is 1. The first-order valence-electron chi connectivity index (χ1n) is 4.63. The third kappa shape index (κ3) is 3.11. The topological polar surface area (TPSA) is 78.4 Å². The molecule has 0 unspecified atom stereocenters. The fourth-order valence-electron chi connectivity index (χ4n) is 1.15. The number of nitrogens with two attached hydrogens (primary N) is 1. The number of halogens is 1. The van der Waals surface area contributed by atoms with Crippen molar-refractivity contribution in [1.82, 2.24) is 0 Å². The summed E-state index contributed by atoms with van der Waals surface area (Å²) in [5.41, 5.74) is 5.68. The van der Waals surface area contributed by atoms with Gasteiger partial charge in [-0.05, 0) is 25.7 Å². The van der Waals surface area contributed by atoms with Crippen molar-refractivity contribution in [3.63, 3.8) is 0 Å². The molecule has 7 heteroatoms. The minimum Gasteiger partial charge on any atom is -0.538 e. The first-order valence-corrected chi connectivity index (χ1v) is 8.42. The first-order chi connectivity index (χ1) is 7.20. The average molecular weight is 261 g/mol. The van der Waals surface area contributed by atoms with Gasteiger partial charge < -0.3 is 10.2 Å². The number of benzene rings is 1. The Balaban J connectivity index is 3.30. The zero-order chi connectivity index (χ0) is 12.5. The predicted molar refractivity (Wildman–Crippen MR) is 66.5 cm³/mol. The fraction of sp³-hybridized carbons (Fsp3) is 0.333. The zero-order valence-corrected chi connectivity index (χ0v) is 11.0. The predicted octanol–water partition coefficient (Wildman–Crippen LogP) is 3.04. The molecule has 0 aliphatic heterocycles. The fourth-order valence-corrected chi connectivity index (χ4v) is 2.21. The Morgan fingerprint density at radius 1 is 1.44 bits per heavy atom. The molecule has 0 spiro atoms. The molecule has 0 aliphatic carbocycles. The molecule has 5 nitrogen and oxygen atoms in total. The molecule has 2 N–H and O–H groups in total. The Morgan fingerprint density at radius 3 is 2.44 bits per heavy atom. The molecule has 0 fully saturated rings. The van der Waals surface area contributed by atoms with Crippen molar-refractivity contribution in [2.24, 2.45) is 0 Å². The van der Waals surface area contributed by atoms with Crippen molar-refractivity contribution in [2.45, 2.75) is 19.6 Å². The van der Waals surface area contributed by atoms with Gasteiger partial charge >= 0.3 is 5.69 Å². The van der Waals surface area contributed by atoms with Crippen LogP contribution in [0.25, 0.3) is 0 Å². The second-order valence-electron chi connectivity index (χ2n) is 4.31. The van der Waals surface area contributed by atoms with E-state index in [0.29, 0.717) is 0 Å². The normalized spacial score (nSPS) is 11.2. The van der Waals surface area contributed by atoms with Crippen molar-refractivity contribution in [1.29, 1.82) is 0 Å². The minimum atomic E-state index is -1.95. The Morgan fingerprint density at radius 2 is 2.00 bits per heavy atom. The van der Waals surface area contributed by atoms with Crippen LogP contribution in [0.5, 0.6) is 5.75 Å². The van der Waals surface area contributed by atoms with E-state index in [-0.39, 0.29) is 22.1 Å². The molecule has 0 atom stereocenters. The SMILES string of the molecule is C[Si](C)(C)Oc1c(N)cc(Cl)cc1[N+](=O)[O-]. The van der Waals surface area contributed by atoms with Crippen molar-refractivity contribution in [3.05, 3.63) is 27.3 Å². The molecule has 0 radical (unpaired) electrons. The van der Waals surface area contributed by atoms with Gasteiger partial charge in [0, 0.05) is 11.1 Å². The summed E-state index contributed by atoms with van der Waals surface area (Å²) in [6.07, 6.45) is 0. The second-order valence-corrected chi connectivity index (χ2v) is 9.18. The minimum absolute atomic E-state index is 0.119. The van der Waals surface area contributed by atoms with E-state index >= 15 is 0 Å². The number of rotatable bonds is 3. The third-order valence-electron chi connectivity index (χ3n) is 1.67. The number of nitrogen functional groups attached to an aromatic ring is 1. The maximum absolute atomic E-state index is 10.8. The van der Waals surface area contributed by atoms with Crippen LogP contribution in [0.2, 0.25) is 24.7 Å². The molecule has 0 saturated heterocycles. The van der Waals surface area contributed by atoms with E-state index in [4.69, 9.17) is 21.8 Å². The van der Waals surface area contributed by atoms with Gasteiger partial charge in [0.05, 0.1) is 10.6 Å². The lowest BCUT2D eigenvalue weighted by molar-refractivity contribution is -0.385. The molecule has 0 aliphatic rings. The van der Waals surface area contributed by atoms with Crippen LogP contribution in [0.1, 0.15) is 0 Å². The van der Waals surface area contributed by atoms with Crippen LogP contribution in [0.4, 0.5) is 11.4 Å². The van der Waals surface area contributed by atoms with Crippen LogP contribution in [-0.4, -0.2) is 13.2 Å². The monoisotopic (exact) mass is 260 g/mol. The van der Waals surface area contributed by atoms with E-state index < -0.39 is 13.2 Å². The molecular weight excluding hydrogens is 248 g/mol. The van der Waals surface area contributed by atoms with Crippen LogP contribution < -0.4 is 10.2 Å². The summed E-state index contributed by atoms with van der Waals surface area (Å²) in [5.74, 6) is 0.119. The van der Waals surface area contributed by atoms with Gasteiger partial charge in [-0.15, -0.1) is 0 Å². The first kappa shape index (κ1) is 12.8. The summed E-state index contributed by atoms with van der Waals surface area (Å²) >= 11 is 5.71. The second kappa shape index (κ2) is 4.30. The summed E-state index contributed by atoms with van der Waals surface area (Å²) in [6.45, 7) is 5.76. The van der Waals surface area contributed by atoms with E-state index in [1.54, 1.807) is 0 Å². The third-order valence-corrected chi connectivity index (χ3v) is 2.70. The molecule has 0 amide bonds. The van der Waals surface area contributed by atoms with Gasteiger partial charge in [0.2, 0.25) is 14.1 Å². The quantitative estimate of drug-likeness (QED) is 0.392. The molecule has 0 aromatic heterocycles. The van der Waals surface area contributed by atoms with Gasteiger partial charge in [0.25, 0.3) is 0 Å². The van der Waals surface area contributed by atoms with E-state index in [0.717, 1.165) is 0 Å². The summed E-state index contributed by atoms with van der Waals surface area (Å²) in [7, 11) is -1.95. The van der Waals surface area contributed by atoms with Crippen LogP contribution in [0, 0.1) is 10.1 Å². The van der Waals surface area contributed by atoms with Gasteiger partial charge in [-0.3, -0.25) is 10.1 Å². The van der Waals surface area contributed by atoms with Gasteiger partial charge in [-0.25, -0.2) is 0 Å². The maximum atomic E-state index is 10.8. The van der Waals surface area contributed by atoms with Crippen molar-refractivity contribution in [3.8, 4) is 5.75 Å². The molecule has 0 heterocycles. The van der Waals surface area contributed by atoms with E-state index in [2.05, 4.69) is 0 Å². The Bertz CT molecular complexity index is 431. The van der Waals surface area contributed by atoms with Gasteiger partial charge in [0.15, 0.2) is 0 Å². The highest BCUT2D eigenvalue weighted by atomic mass is 35.5. The number of hydrogen-bond acceptors (Lipinski definition) is 4. The molecule has 0 saturated carbocycles. The van der Waals surface area contributed by atoms with Crippen molar-refractivity contribution >= 4 is 31.3 Å². The smallest absolute Gasteiger partial charge is 0.313 e. The van der Waals surface area contributed by atoms with Gasteiger partial charge in [0.1, 0.15) is 0 Å². The van der Waals surface area contributed by atoms with Crippen LogP contribution in [0.3, 0.4) is 0 Å². The van der Waals surface area contributed by atoms with Crippen molar-refractivity contribution < 1.29 is 9.35 Å². The number of nitro benzene ring substituents is 1. The summed E-state index contributed by atoms with van der Waals surface area (Å²) < 4.78 is 5.59. The molecular formula is C9H13ClN2O3Si. The van der Waals surface area contributed by atoms with Crippen LogP contribution in [0.15, 0.2) is 12.1 Å². The summed E-state index contributed by atoms with van der Waals surface area (Å²) in [5, 5.41) is 11.1. The highest BCUT2D eigenvalue weighted by Crippen LogP contribution is 2.37. The zero-order valence-electron chi connectivity index (χ0n) is 9.28. The summed E-state index contributed by atoms with van der Waals surface area (Å²) in [4.78, 5) is 10.3. The standard InChI is InChI=1S/C9H13ClN2O3Si/c1-16(2,3)15-9-7(11)4-6(10)5-8(9)12(13)14/h4-5H,11H2,1-3H3. The number of hydrogen-bond donors (Lipinski definition) is 1. The van der Waals surface area contributed by atoms with Gasteiger partial charge in [-0.2, -0.15) is 0 Å². The molecule has 1 rings (SSSR count). The molecule has 1 aromatic carbocycles. The van der Waals surface area contributed by atoms with E-state index in [1.807, 2.05) is 19.6 Å². The highest BCUT2D eigenvalue weighted by molar-refractivity contribution is 6.70. The molecule has 1 aromatic rings. The maximum Gasteiger partial charge on any atom is 0.313 e. The largest absolute Gasteiger partial charge is 0.538 e. The van der Waals surface area contributed by atoms with Crippen LogP contribution >= 0.6 is 11.6 Å². The average Bonchev–Trinajstić information content (AvgIpc) is 2.07. The molecule has 0 bridgehead atoms. The van der Waals surface area contributed by atoms with Gasteiger partial charge in [-0.1, -0.05) is 11.6 Å². The summed E-state index contributed by atoms with van der Waals surface area (Å²) in [6, 6.07) is 2.69. The van der Waals surface area contributed by atoms with E-state index in [9.17, 15) is 10.1 Å². The number of anilines is 1. The lowest BCUT2D eigenvalue weighted by Gasteiger charge is -2.20.